The van der Waals surface area contributed by atoms with Gasteiger partial charge in [0.1, 0.15) is 5.82 Å². The molecule has 0 unspecified atom stereocenters. The Morgan fingerprint density at radius 1 is 1.22 bits per heavy atom. The van der Waals surface area contributed by atoms with E-state index >= 15 is 0 Å². The van der Waals surface area contributed by atoms with Crippen LogP contribution in [0.4, 0.5) is 10.8 Å². The van der Waals surface area contributed by atoms with Crippen molar-refractivity contribution in [2.45, 2.75) is 19.3 Å². The molecule has 1 saturated heterocycles. The molecule has 1 aliphatic heterocycles. The van der Waals surface area contributed by atoms with Gasteiger partial charge in [0.2, 0.25) is 0 Å². The van der Waals surface area contributed by atoms with Crippen LogP contribution >= 0.6 is 11.3 Å². The molecular formula is C17H22N4OS. The lowest BCUT2D eigenvalue weighted by atomic mass is 9.85. The Bertz CT molecular complexity index is 648. The molecule has 0 saturated carbocycles. The average molecular weight is 330 g/mol. The van der Waals surface area contributed by atoms with Gasteiger partial charge in [-0.25, -0.2) is 4.98 Å². The molecule has 0 bridgehead atoms. The number of hydrogen-bond donors (Lipinski definition) is 0. The van der Waals surface area contributed by atoms with Crippen LogP contribution in [0.3, 0.4) is 0 Å². The highest BCUT2D eigenvalue weighted by atomic mass is 32.1. The van der Waals surface area contributed by atoms with Crippen LogP contribution in [-0.2, 0) is 5.41 Å². The maximum atomic E-state index is 11.0. The summed E-state index contributed by atoms with van der Waals surface area (Å²) >= 11 is 1.42. The van der Waals surface area contributed by atoms with Crippen molar-refractivity contribution < 1.29 is 0 Å². The number of piperazine rings is 1. The molecule has 2 aromatic rings. The lowest BCUT2D eigenvalue weighted by Crippen LogP contribution is -2.50. The van der Waals surface area contributed by atoms with Gasteiger partial charge in [-0.3, -0.25) is 4.90 Å². The molecule has 0 spiro atoms. The Labute approximate surface area is 140 Å². The van der Waals surface area contributed by atoms with Crippen LogP contribution in [0.1, 0.15) is 19.4 Å². The number of thiophene rings is 1. The van der Waals surface area contributed by atoms with Crippen LogP contribution in [0.15, 0.2) is 41.0 Å². The van der Waals surface area contributed by atoms with Gasteiger partial charge >= 0.3 is 0 Å². The van der Waals surface area contributed by atoms with E-state index in [0.29, 0.717) is 5.00 Å². The summed E-state index contributed by atoms with van der Waals surface area (Å²) in [6.45, 7) is 9.29. The van der Waals surface area contributed by atoms with E-state index in [1.54, 1.807) is 0 Å². The summed E-state index contributed by atoms with van der Waals surface area (Å²) in [7, 11) is 0. The fourth-order valence-electron chi connectivity index (χ4n) is 3.21. The Morgan fingerprint density at radius 3 is 2.65 bits per heavy atom. The maximum absolute atomic E-state index is 11.0. The fourth-order valence-corrected chi connectivity index (χ4v) is 4.05. The molecule has 3 heterocycles. The van der Waals surface area contributed by atoms with Crippen LogP contribution in [0, 0.1) is 4.91 Å². The molecule has 122 valence electrons. The first kappa shape index (κ1) is 16.1. The molecule has 0 radical (unpaired) electrons. The number of hydrogen-bond acceptors (Lipinski definition) is 6. The third kappa shape index (κ3) is 3.59. The number of nitroso groups, excluding NO2 is 1. The quantitative estimate of drug-likeness (QED) is 0.785. The van der Waals surface area contributed by atoms with Gasteiger partial charge in [-0.2, -0.15) is 0 Å². The van der Waals surface area contributed by atoms with E-state index in [-0.39, 0.29) is 5.41 Å². The zero-order chi connectivity index (χ0) is 16.3. The van der Waals surface area contributed by atoms with Crippen LogP contribution in [0.25, 0.3) is 0 Å². The Morgan fingerprint density at radius 2 is 2.00 bits per heavy atom. The standard InChI is InChI=1S/C17H22N4OS/c1-17(2,14-6-12-23-16(14)19-22)13-20-8-10-21(11-9-20)15-5-3-4-7-18-15/h3-7,12H,8-11,13H2,1-2H3. The van der Waals surface area contributed by atoms with Gasteiger partial charge in [0.15, 0.2) is 5.00 Å². The zero-order valence-electron chi connectivity index (χ0n) is 13.6. The fraction of sp³-hybridized carbons (Fsp3) is 0.471. The minimum absolute atomic E-state index is 0.0730. The Balaban J connectivity index is 1.61. The van der Waals surface area contributed by atoms with E-state index in [1.165, 1.54) is 11.3 Å². The lowest BCUT2D eigenvalue weighted by Gasteiger charge is -2.39. The molecule has 0 aliphatic carbocycles. The van der Waals surface area contributed by atoms with Gasteiger partial charge in [0.05, 0.1) is 0 Å². The van der Waals surface area contributed by atoms with Crippen molar-refractivity contribution in [2.75, 3.05) is 37.6 Å². The SMILES string of the molecule is CC(C)(CN1CCN(c2ccccn2)CC1)c1ccsc1N=O. The summed E-state index contributed by atoms with van der Waals surface area (Å²) in [5, 5.41) is 5.74. The molecule has 0 atom stereocenters. The molecular weight excluding hydrogens is 308 g/mol. The van der Waals surface area contributed by atoms with Gasteiger partial charge < -0.3 is 4.90 Å². The predicted octanol–water partition coefficient (Wildman–Crippen LogP) is 3.64. The van der Waals surface area contributed by atoms with Crippen LogP contribution in [-0.4, -0.2) is 42.6 Å². The van der Waals surface area contributed by atoms with E-state index < -0.39 is 0 Å². The molecule has 6 heteroatoms. The maximum Gasteiger partial charge on any atom is 0.164 e. The zero-order valence-corrected chi connectivity index (χ0v) is 14.4. The van der Waals surface area contributed by atoms with Crippen molar-refractivity contribution in [3.63, 3.8) is 0 Å². The minimum atomic E-state index is -0.0730. The topological polar surface area (TPSA) is 48.8 Å². The van der Waals surface area contributed by atoms with Crippen LogP contribution in [0.2, 0.25) is 0 Å². The largest absolute Gasteiger partial charge is 0.354 e. The summed E-state index contributed by atoms with van der Waals surface area (Å²) in [4.78, 5) is 20.2. The van der Waals surface area contributed by atoms with E-state index in [4.69, 9.17) is 0 Å². The summed E-state index contributed by atoms with van der Waals surface area (Å²) in [6, 6.07) is 8.07. The third-order valence-corrected chi connectivity index (χ3v) is 5.21. The molecule has 3 rings (SSSR count). The second-order valence-corrected chi connectivity index (χ2v) is 7.46. The number of anilines is 1. The van der Waals surface area contributed by atoms with Crippen molar-refractivity contribution in [1.82, 2.24) is 9.88 Å². The molecule has 1 fully saturated rings. The van der Waals surface area contributed by atoms with Crippen LogP contribution < -0.4 is 4.90 Å². The number of pyridine rings is 1. The van der Waals surface area contributed by atoms with Crippen molar-refractivity contribution in [1.29, 1.82) is 0 Å². The first-order chi connectivity index (χ1) is 11.1. The summed E-state index contributed by atoms with van der Waals surface area (Å²) in [6.07, 6.45) is 1.84. The van der Waals surface area contributed by atoms with Gasteiger partial charge in [0.25, 0.3) is 0 Å². The van der Waals surface area contributed by atoms with Gasteiger partial charge in [-0.1, -0.05) is 19.9 Å². The summed E-state index contributed by atoms with van der Waals surface area (Å²) < 4.78 is 0. The van der Waals surface area contributed by atoms with E-state index in [0.717, 1.165) is 44.1 Å². The highest BCUT2D eigenvalue weighted by molar-refractivity contribution is 7.14. The summed E-state index contributed by atoms with van der Waals surface area (Å²) in [5.74, 6) is 1.05. The number of rotatable bonds is 5. The lowest BCUT2D eigenvalue weighted by molar-refractivity contribution is 0.212. The van der Waals surface area contributed by atoms with Crippen molar-refractivity contribution in [3.05, 3.63) is 46.3 Å². The van der Waals surface area contributed by atoms with Crippen molar-refractivity contribution in [3.8, 4) is 0 Å². The number of aromatic nitrogens is 1. The van der Waals surface area contributed by atoms with Gasteiger partial charge in [-0.15, -0.1) is 16.2 Å². The van der Waals surface area contributed by atoms with Gasteiger partial charge in [-0.05, 0) is 34.3 Å². The first-order valence-corrected chi connectivity index (χ1v) is 8.78. The highest BCUT2D eigenvalue weighted by Crippen LogP contribution is 2.36. The molecule has 0 aromatic carbocycles. The smallest absolute Gasteiger partial charge is 0.164 e. The number of nitrogens with zero attached hydrogens (tertiary/aromatic N) is 4. The van der Waals surface area contributed by atoms with Crippen molar-refractivity contribution >= 4 is 22.2 Å². The van der Waals surface area contributed by atoms with Crippen molar-refractivity contribution in [2.24, 2.45) is 5.18 Å². The molecule has 5 nitrogen and oxygen atoms in total. The van der Waals surface area contributed by atoms with Gasteiger partial charge in [0, 0.05) is 44.3 Å². The predicted molar refractivity (Wildman–Crippen MR) is 95.7 cm³/mol. The molecule has 0 amide bonds. The van der Waals surface area contributed by atoms with E-state index in [2.05, 4.69) is 39.9 Å². The molecule has 0 N–H and O–H groups in total. The average Bonchev–Trinajstić information content (AvgIpc) is 3.06. The molecule has 1 aliphatic rings. The Kier molecular flexibility index (Phi) is 4.73. The third-order valence-electron chi connectivity index (χ3n) is 4.42. The monoisotopic (exact) mass is 330 g/mol. The normalized spacial score (nSPS) is 16.5. The molecule has 2 aromatic heterocycles. The first-order valence-electron chi connectivity index (χ1n) is 7.90. The second kappa shape index (κ2) is 6.76. The van der Waals surface area contributed by atoms with Crippen LogP contribution in [0.5, 0.6) is 0 Å². The molecule has 23 heavy (non-hydrogen) atoms. The second-order valence-electron chi connectivity index (χ2n) is 6.57. The Hall–Kier alpha value is -1.79. The minimum Gasteiger partial charge on any atom is -0.354 e. The summed E-state index contributed by atoms with van der Waals surface area (Å²) in [5.41, 5.74) is 0.987. The van der Waals surface area contributed by atoms with E-state index in [1.807, 2.05) is 29.8 Å². The highest BCUT2D eigenvalue weighted by Gasteiger charge is 2.29. The van der Waals surface area contributed by atoms with E-state index in [9.17, 15) is 4.91 Å².